The van der Waals surface area contributed by atoms with E-state index in [4.69, 9.17) is 10.5 Å². The first-order valence-electron chi connectivity index (χ1n) is 15.3. The summed E-state index contributed by atoms with van der Waals surface area (Å²) >= 11 is 0. The number of ether oxygens (including phenoxy) is 1. The molecular formula is C34H37N5O5. The Labute approximate surface area is 256 Å². The van der Waals surface area contributed by atoms with Gasteiger partial charge < -0.3 is 30.9 Å². The lowest BCUT2D eigenvalue weighted by Crippen LogP contribution is -2.35. The van der Waals surface area contributed by atoms with Gasteiger partial charge in [0.15, 0.2) is 6.61 Å². The molecule has 44 heavy (non-hydrogen) atoms. The smallest absolute Gasteiger partial charge is 0.262 e. The molecule has 0 aromatic heterocycles. The number of aryl methyl sites for hydroxylation is 1. The van der Waals surface area contributed by atoms with Crippen LogP contribution in [0.5, 0.6) is 5.75 Å². The van der Waals surface area contributed by atoms with Crippen molar-refractivity contribution in [2.45, 2.75) is 57.5 Å². The van der Waals surface area contributed by atoms with Gasteiger partial charge in [0.25, 0.3) is 17.7 Å². The number of rotatable bonds is 10. The Kier molecular flexibility index (Phi) is 8.60. The molecule has 6 rings (SSSR count). The Morgan fingerprint density at radius 1 is 1.00 bits per heavy atom. The minimum Gasteiger partial charge on any atom is -0.482 e. The molecular weight excluding hydrogens is 558 g/mol. The minimum atomic E-state index is -0.224. The number of unbranched alkanes of at least 4 members (excludes halogenated alkanes) is 1. The normalized spacial score (nSPS) is 15.4. The Morgan fingerprint density at radius 2 is 1.80 bits per heavy atom. The molecule has 2 heterocycles. The van der Waals surface area contributed by atoms with Crippen LogP contribution >= 0.6 is 0 Å². The Bertz CT molecular complexity index is 1580. The number of carbonyl (C=O) groups excluding carboxylic acids is 4. The fourth-order valence-electron chi connectivity index (χ4n) is 5.78. The highest BCUT2D eigenvalue weighted by atomic mass is 16.5. The van der Waals surface area contributed by atoms with Crippen LogP contribution in [0.2, 0.25) is 0 Å². The highest BCUT2D eigenvalue weighted by Crippen LogP contribution is 2.34. The Balaban J connectivity index is 1.09. The van der Waals surface area contributed by atoms with E-state index in [1.807, 2.05) is 40.1 Å². The van der Waals surface area contributed by atoms with E-state index in [9.17, 15) is 19.2 Å². The van der Waals surface area contributed by atoms with Crippen LogP contribution in [0.15, 0.2) is 60.7 Å². The molecule has 3 aromatic carbocycles. The van der Waals surface area contributed by atoms with Gasteiger partial charge in [-0.25, -0.2) is 0 Å². The topological polar surface area (TPSA) is 134 Å². The van der Waals surface area contributed by atoms with E-state index in [-0.39, 0.29) is 36.3 Å². The number of amides is 4. The van der Waals surface area contributed by atoms with Crippen molar-refractivity contribution in [1.82, 2.24) is 4.90 Å². The molecule has 1 aliphatic carbocycles. The number of benzene rings is 3. The highest BCUT2D eigenvalue weighted by molar-refractivity contribution is 6.05. The van der Waals surface area contributed by atoms with Crippen LogP contribution in [-0.2, 0) is 22.6 Å². The molecule has 10 nitrogen and oxygen atoms in total. The molecule has 0 spiro atoms. The van der Waals surface area contributed by atoms with Gasteiger partial charge in [-0.2, -0.15) is 0 Å². The maximum Gasteiger partial charge on any atom is 0.262 e. The van der Waals surface area contributed by atoms with Crippen LogP contribution < -0.4 is 26.0 Å². The fraction of sp³-hybridized carbons (Fsp3) is 0.353. The van der Waals surface area contributed by atoms with Gasteiger partial charge in [0.05, 0.1) is 5.69 Å². The lowest BCUT2D eigenvalue weighted by Gasteiger charge is -2.30. The van der Waals surface area contributed by atoms with E-state index in [0.29, 0.717) is 54.3 Å². The van der Waals surface area contributed by atoms with E-state index in [2.05, 4.69) is 10.6 Å². The van der Waals surface area contributed by atoms with Crippen LogP contribution in [-0.4, -0.2) is 54.3 Å². The molecule has 0 unspecified atom stereocenters. The summed E-state index contributed by atoms with van der Waals surface area (Å²) in [5, 5.41) is 5.74. The molecule has 0 saturated heterocycles. The Morgan fingerprint density at radius 3 is 2.57 bits per heavy atom. The van der Waals surface area contributed by atoms with Crippen LogP contribution in [0, 0.1) is 0 Å². The summed E-state index contributed by atoms with van der Waals surface area (Å²) in [4.78, 5) is 54.6. The number of nitrogens with zero attached hydrogens (tertiary/aromatic N) is 2. The van der Waals surface area contributed by atoms with Gasteiger partial charge in [0, 0.05) is 48.1 Å². The predicted molar refractivity (Wildman–Crippen MR) is 168 cm³/mol. The van der Waals surface area contributed by atoms with Crippen LogP contribution in [0.3, 0.4) is 0 Å². The summed E-state index contributed by atoms with van der Waals surface area (Å²) in [5.74, 6) is 0.0685. The lowest BCUT2D eigenvalue weighted by atomic mass is 10.00. The number of anilines is 3. The molecule has 2 aliphatic heterocycles. The van der Waals surface area contributed by atoms with Crippen LogP contribution in [0.25, 0.3) is 0 Å². The minimum absolute atomic E-state index is 0.0705. The third kappa shape index (κ3) is 6.60. The predicted octanol–water partition coefficient (Wildman–Crippen LogP) is 4.48. The molecule has 1 fully saturated rings. The number of hydrogen-bond acceptors (Lipinski definition) is 6. The van der Waals surface area contributed by atoms with Crippen molar-refractivity contribution in [3.63, 3.8) is 0 Å². The van der Waals surface area contributed by atoms with E-state index < -0.39 is 0 Å². The second kappa shape index (κ2) is 12.9. The number of fused-ring (bicyclic) bond motifs is 2. The van der Waals surface area contributed by atoms with Gasteiger partial charge in [-0.15, -0.1) is 0 Å². The largest absolute Gasteiger partial charge is 0.482 e. The second-order valence-electron chi connectivity index (χ2n) is 11.6. The zero-order valence-corrected chi connectivity index (χ0v) is 24.6. The molecule has 0 atom stereocenters. The first-order valence-corrected chi connectivity index (χ1v) is 15.3. The van der Waals surface area contributed by atoms with Crippen LogP contribution in [0.1, 0.15) is 70.4 Å². The molecule has 0 radical (unpaired) electrons. The number of hydrogen-bond donors (Lipinski definition) is 3. The summed E-state index contributed by atoms with van der Waals surface area (Å²) in [6.45, 7) is 1.65. The molecule has 1 saturated carbocycles. The van der Waals surface area contributed by atoms with Crippen molar-refractivity contribution in [2.24, 2.45) is 5.73 Å². The van der Waals surface area contributed by atoms with Crippen molar-refractivity contribution >= 4 is 40.7 Å². The summed E-state index contributed by atoms with van der Waals surface area (Å²) in [5.41, 5.74) is 10.7. The van der Waals surface area contributed by atoms with E-state index in [1.54, 1.807) is 30.3 Å². The molecule has 228 valence electrons. The summed E-state index contributed by atoms with van der Waals surface area (Å²) in [6, 6.07) is 18.3. The highest BCUT2D eigenvalue weighted by Gasteiger charge is 2.33. The number of nitrogens with two attached hydrogens (primary N) is 1. The quantitative estimate of drug-likeness (QED) is 0.296. The van der Waals surface area contributed by atoms with Crippen molar-refractivity contribution in [1.29, 1.82) is 0 Å². The second-order valence-corrected chi connectivity index (χ2v) is 11.6. The fourth-order valence-corrected chi connectivity index (χ4v) is 5.78. The SMILES string of the molecule is NCCCCC(=O)N1CCCc2cc(NC(=O)c3ccc(CN(C(=O)c4ccc5c(c4)OCC(=O)N5)C4CC4)cc3)ccc21. The van der Waals surface area contributed by atoms with Gasteiger partial charge in [-0.05, 0) is 105 Å². The van der Waals surface area contributed by atoms with Gasteiger partial charge in [0.1, 0.15) is 5.75 Å². The van der Waals surface area contributed by atoms with Crippen molar-refractivity contribution in [2.75, 3.05) is 35.2 Å². The maximum absolute atomic E-state index is 13.5. The van der Waals surface area contributed by atoms with Crippen molar-refractivity contribution in [3.05, 3.63) is 82.9 Å². The third-order valence-electron chi connectivity index (χ3n) is 8.28. The first-order chi connectivity index (χ1) is 21.4. The molecule has 4 amide bonds. The summed E-state index contributed by atoms with van der Waals surface area (Å²) in [6.07, 6.45) is 5.74. The summed E-state index contributed by atoms with van der Waals surface area (Å²) in [7, 11) is 0. The van der Waals surface area contributed by atoms with Gasteiger partial charge >= 0.3 is 0 Å². The average molecular weight is 596 g/mol. The van der Waals surface area contributed by atoms with Gasteiger partial charge in [-0.1, -0.05) is 12.1 Å². The molecule has 3 aromatic rings. The van der Waals surface area contributed by atoms with E-state index >= 15 is 0 Å². The van der Waals surface area contributed by atoms with Gasteiger partial charge in [0.2, 0.25) is 5.91 Å². The van der Waals surface area contributed by atoms with Gasteiger partial charge in [-0.3, -0.25) is 19.2 Å². The molecule has 3 aliphatic rings. The monoisotopic (exact) mass is 595 g/mol. The standard InChI is InChI=1S/C34H37N5O5/c35-16-2-1-5-32(41)38-17-3-4-24-18-26(11-15-29(24)38)36-33(42)23-8-6-22(7-9-23)20-39(27-12-13-27)34(43)25-10-14-28-30(19-25)44-21-31(40)37-28/h6-11,14-15,18-19,27H,1-5,12-13,16-17,20-21,35H2,(H,36,42)(H,37,40). The van der Waals surface area contributed by atoms with Crippen molar-refractivity contribution < 1.29 is 23.9 Å². The first kappa shape index (κ1) is 29.4. The Hall–Kier alpha value is -4.70. The zero-order valence-electron chi connectivity index (χ0n) is 24.6. The lowest BCUT2D eigenvalue weighted by molar-refractivity contribution is -0.119. The number of nitrogens with one attached hydrogen (secondary N) is 2. The zero-order chi connectivity index (χ0) is 30.6. The average Bonchev–Trinajstić information content (AvgIpc) is 3.88. The molecule has 4 N–H and O–H groups in total. The van der Waals surface area contributed by atoms with Crippen molar-refractivity contribution in [3.8, 4) is 5.75 Å². The molecule has 0 bridgehead atoms. The van der Waals surface area contributed by atoms with E-state index in [0.717, 1.165) is 55.3 Å². The maximum atomic E-state index is 13.5. The molecule has 10 heteroatoms. The summed E-state index contributed by atoms with van der Waals surface area (Å²) < 4.78 is 5.50. The number of carbonyl (C=O) groups is 4. The third-order valence-corrected chi connectivity index (χ3v) is 8.28. The van der Waals surface area contributed by atoms with Crippen LogP contribution in [0.4, 0.5) is 17.1 Å². The van der Waals surface area contributed by atoms with E-state index in [1.165, 1.54) is 0 Å².